The molecule has 7 aromatic carbocycles. The second kappa shape index (κ2) is 11.7. The molecule has 0 amide bonds. The molecule has 0 saturated heterocycles. The second-order valence-electron chi connectivity index (χ2n) is 13.9. The maximum Gasteiger partial charge on any atom is 0.227 e. The summed E-state index contributed by atoms with van der Waals surface area (Å²) in [6.45, 7) is 4.59. The molecule has 0 radical (unpaired) electrons. The Hall–Kier alpha value is -6.72. The third kappa shape index (κ3) is 4.78. The highest BCUT2D eigenvalue weighted by Gasteiger charge is 2.38. The van der Waals surface area contributed by atoms with Crippen LogP contribution in [0.15, 0.2) is 162 Å². The molecule has 1 aliphatic rings. The first-order chi connectivity index (χ1) is 25.5. The Bertz CT molecular complexity index is 2790. The van der Waals surface area contributed by atoms with Crippen LogP contribution in [-0.4, -0.2) is 19.9 Å². The maximum atomic E-state index is 6.74. The molecule has 5 heteroatoms. The average Bonchev–Trinajstić information content (AvgIpc) is 3.75. The van der Waals surface area contributed by atoms with Gasteiger partial charge in [-0.2, -0.15) is 0 Å². The molecule has 0 bridgehead atoms. The van der Waals surface area contributed by atoms with Gasteiger partial charge in [-0.1, -0.05) is 147 Å². The number of aromatic nitrogens is 4. The van der Waals surface area contributed by atoms with Gasteiger partial charge in [0.1, 0.15) is 5.52 Å². The van der Waals surface area contributed by atoms with E-state index in [1.807, 2.05) is 66.7 Å². The van der Waals surface area contributed by atoms with Crippen molar-refractivity contribution < 1.29 is 4.42 Å². The fraction of sp³-hybridized carbons (Fsp3) is 0.0638. The zero-order chi connectivity index (χ0) is 34.8. The molecule has 0 fully saturated rings. The minimum absolute atomic E-state index is 0.273. The standard InChI is InChI=1S/C47H32N4O/c1-47(2)37-21-13-12-20-35(37)40-38(47)28-36(34-26-27-39-42(41(34)40)52-46(48-39)33-18-10-5-11-19-33)45-50-43(31-16-8-4-9-17-31)49-44(51-45)32-24-22-30(23-25-32)29-14-6-3-7-15-29/h3-28H,1-2H3. The Balaban J connectivity index is 1.25. The van der Waals surface area contributed by atoms with Crippen molar-refractivity contribution >= 4 is 21.9 Å². The van der Waals surface area contributed by atoms with Crippen LogP contribution in [0.5, 0.6) is 0 Å². The van der Waals surface area contributed by atoms with E-state index in [-0.39, 0.29) is 5.41 Å². The van der Waals surface area contributed by atoms with Gasteiger partial charge < -0.3 is 4.42 Å². The molecule has 2 aromatic heterocycles. The van der Waals surface area contributed by atoms with Crippen molar-refractivity contribution in [2.24, 2.45) is 0 Å². The van der Waals surface area contributed by atoms with Crippen molar-refractivity contribution in [3.8, 4) is 67.9 Å². The van der Waals surface area contributed by atoms with Gasteiger partial charge in [0.2, 0.25) is 5.89 Å². The van der Waals surface area contributed by atoms with Gasteiger partial charge in [-0.15, -0.1) is 0 Å². The van der Waals surface area contributed by atoms with Crippen LogP contribution in [0.1, 0.15) is 25.0 Å². The van der Waals surface area contributed by atoms with E-state index >= 15 is 0 Å². The molecule has 246 valence electrons. The summed E-state index contributed by atoms with van der Waals surface area (Å²) in [7, 11) is 0. The van der Waals surface area contributed by atoms with Gasteiger partial charge in [0, 0.05) is 33.1 Å². The maximum absolute atomic E-state index is 6.74. The van der Waals surface area contributed by atoms with E-state index in [4.69, 9.17) is 24.4 Å². The van der Waals surface area contributed by atoms with Crippen LogP contribution in [0, 0.1) is 0 Å². The lowest BCUT2D eigenvalue weighted by Gasteiger charge is -2.22. The summed E-state index contributed by atoms with van der Waals surface area (Å²) in [6.07, 6.45) is 0. The Morgan fingerprint density at radius 2 is 0.981 bits per heavy atom. The van der Waals surface area contributed by atoms with Gasteiger partial charge in [-0.05, 0) is 63.0 Å². The van der Waals surface area contributed by atoms with Gasteiger partial charge in [-0.3, -0.25) is 0 Å². The first-order valence-electron chi connectivity index (χ1n) is 17.6. The quantitative estimate of drug-likeness (QED) is 0.183. The van der Waals surface area contributed by atoms with Crippen molar-refractivity contribution in [1.29, 1.82) is 0 Å². The largest absolute Gasteiger partial charge is 0.435 e. The highest BCUT2D eigenvalue weighted by Crippen LogP contribution is 2.54. The number of rotatable bonds is 5. The van der Waals surface area contributed by atoms with Crippen LogP contribution in [-0.2, 0) is 5.41 Å². The van der Waals surface area contributed by atoms with E-state index in [0.29, 0.717) is 23.4 Å². The minimum Gasteiger partial charge on any atom is -0.435 e. The average molecular weight is 669 g/mol. The van der Waals surface area contributed by atoms with E-state index in [1.165, 1.54) is 22.3 Å². The number of fused-ring (bicyclic) bond motifs is 7. The van der Waals surface area contributed by atoms with Crippen molar-refractivity contribution in [3.63, 3.8) is 0 Å². The minimum atomic E-state index is -0.273. The number of hydrogen-bond donors (Lipinski definition) is 0. The zero-order valence-electron chi connectivity index (χ0n) is 28.7. The first kappa shape index (κ1) is 30.1. The molecule has 0 atom stereocenters. The van der Waals surface area contributed by atoms with Crippen molar-refractivity contribution in [1.82, 2.24) is 19.9 Å². The van der Waals surface area contributed by atoms with Crippen LogP contribution in [0.2, 0.25) is 0 Å². The Labute approximate surface area is 301 Å². The molecule has 52 heavy (non-hydrogen) atoms. The number of oxazole rings is 1. The Morgan fingerprint density at radius 1 is 0.442 bits per heavy atom. The fourth-order valence-electron chi connectivity index (χ4n) is 7.73. The molecule has 0 spiro atoms. The summed E-state index contributed by atoms with van der Waals surface area (Å²) in [5.41, 5.74) is 12.2. The van der Waals surface area contributed by atoms with Crippen molar-refractivity contribution in [2.75, 3.05) is 0 Å². The normalized spacial score (nSPS) is 13.0. The van der Waals surface area contributed by atoms with Gasteiger partial charge in [0.05, 0.1) is 0 Å². The molecule has 0 saturated carbocycles. The number of hydrogen-bond acceptors (Lipinski definition) is 5. The summed E-state index contributed by atoms with van der Waals surface area (Å²) in [5, 5.41) is 2.03. The predicted molar refractivity (Wildman–Crippen MR) is 210 cm³/mol. The lowest BCUT2D eigenvalue weighted by Crippen LogP contribution is -2.15. The lowest BCUT2D eigenvalue weighted by molar-refractivity contribution is 0.623. The summed E-state index contributed by atoms with van der Waals surface area (Å²) < 4.78 is 6.74. The topological polar surface area (TPSA) is 64.7 Å². The third-order valence-electron chi connectivity index (χ3n) is 10.4. The highest BCUT2D eigenvalue weighted by atomic mass is 16.3. The summed E-state index contributed by atoms with van der Waals surface area (Å²) in [4.78, 5) is 20.5. The smallest absolute Gasteiger partial charge is 0.227 e. The highest BCUT2D eigenvalue weighted by molar-refractivity contribution is 6.18. The van der Waals surface area contributed by atoms with Crippen molar-refractivity contribution in [3.05, 3.63) is 169 Å². The molecule has 0 N–H and O–H groups in total. The second-order valence-corrected chi connectivity index (χ2v) is 13.9. The van der Waals surface area contributed by atoms with E-state index in [2.05, 4.69) is 105 Å². The number of nitrogens with zero attached hydrogens (tertiary/aromatic N) is 4. The van der Waals surface area contributed by atoms with Crippen LogP contribution < -0.4 is 0 Å². The van der Waals surface area contributed by atoms with Crippen molar-refractivity contribution in [2.45, 2.75) is 19.3 Å². The molecular weight excluding hydrogens is 637 g/mol. The molecule has 9 aromatic rings. The van der Waals surface area contributed by atoms with E-state index in [0.717, 1.165) is 55.3 Å². The fourth-order valence-corrected chi connectivity index (χ4v) is 7.73. The van der Waals surface area contributed by atoms with Gasteiger partial charge in [0.15, 0.2) is 23.1 Å². The monoisotopic (exact) mass is 668 g/mol. The Kier molecular flexibility index (Phi) is 6.77. The SMILES string of the molecule is CC1(C)c2ccccc2-c2c1cc(-c1nc(-c3ccccc3)nc(-c3ccc(-c4ccccc4)cc3)n1)c1ccc3nc(-c4ccccc4)oc3c21. The lowest BCUT2D eigenvalue weighted by atomic mass is 9.81. The van der Waals surface area contributed by atoms with E-state index in [1.54, 1.807) is 0 Å². The van der Waals surface area contributed by atoms with Crippen LogP contribution >= 0.6 is 0 Å². The predicted octanol–water partition coefficient (Wildman–Crippen LogP) is 11.8. The molecular formula is C47H32N4O. The molecule has 1 aliphatic carbocycles. The van der Waals surface area contributed by atoms with Crippen LogP contribution in [0.4, 0.5) is 0 Å². The van der Waals surface area contributed by atoms with E-state index < -0.39 is 0 Å². The summed E-state index contributed by atoms with van der Waals surface area (Å²) in [5.74, 6) is 2.45. The van der Waals surface area contributed by atoms with E-state index in [9.17, 15) is 0 Å². The summed E-state index contributed by atoms with van der Waals surface area (Å²) >= 11 is 0. The van der Waals surface area contributed by atoms with Crippen LogP contribution in [0.25, 0.3) is 89.7 Å². The summed E-state index contributed by atoms with van der Waals surface area (Å²) in [6, 6.07) is 54.3. The third-order valence-corrected chi connectivity index (χ3v) is 10.4. The van der Waals surface area contributed by atoms with Gasteiger partial charge in [0.25, 0.3) is 0 Å². The molecule has 2 heterocycles. The van der Waals surface area contributed by atoms with Crippen LogP contribution in [0.3, 0.4) is 0 Å². The molecule has 0 unspecified atom stereocenters. The first-order valence-corrected chi connectivity index (χ1v) is 17.6. The molecule has 10 rings (SSSR count). The molecule has 5 nitrogen and oxygen atoms in total. The Morgan fingerprint density at radius 3 is 1.67 bits per heavy atom. The van der Waals surface area contributed by atoms with Gasteiger partial charge in [-0.25, -0.2) is 19.9 Å². The van der Waals surface area contributed by atoms with Gasteiger partial charge >= 0.3 is 0 Å². The molecule has 0 aliphatic heterocycles. The number of benzene rings is 7. The zero-order valence-corrected chi connectivity index (χ0v) is 28.7.